The third kappa shape index (κ3) is 2.31. The molecule has 0 bridgehead atoms. The molecule has 0 radical (unpaired) electrons. The van der Waals surface area contributed by atoms with Crippen LogP contribution in [-0.4, -0.2) is 18.5 Å². The Hall–Kier alpha value is -0.370. The van der Waals surface area contributed by atoms with Crippen LogP contribution in [0.25, 0.3) is 0 Å². The van der Waals surface area contributed by atoms with Gasteiger partial charge < -0.3 is 9.53 Å². The van der Waals surface area contributed by atoms with Crippen LogP contribution in [0.2, 0.25) is 0 Å². The molecule has 1 aliphatic heterocycles. The summed E-state index contributed by atoms with van der Waals surface area (Å²) >= 11 is 0. The SMILES string of the molecule is CC(C)CC1(C=O)CCCCO1. The summed E-state index contributed by atoms with van der Waals surface area (Å²) < 4.78 is 5.56. The molecule has 0 spiro atoms. The lowest BCUT2D eigenvalue weighted by molar-refractivity contribution is -0.140. The summed E-state index contributed by atoms with van der Waals surface area (Å²) in [6.07, 6.45) is 5.02. The van der Waals surface area contributed by atoms with Gasteiger partial charge in [-0.15, -0.1) is 0 Å². The average Bonchev–Trinajstić information content (AvgIpc) is 2.05. The molecule has 0 amide bonds. The molecule has 2 nitrogen and oxygen atoms in total. The van der Waals surface area contributed by atoms with E-state index in [9.17, 15) is 4.79 Å². The van der Waals surface area contributed by atoms with Crippen molar-refractivity contribution < 1.29 is 9.53 Å². The second-order valence-electron chi connectivity index (χ2n) is 4.09. The van der Waals surface area contributed by atoms with Gasteiger partial charge in [0.15, 0.2) is 6.29 Å². The number of hydrogen-bond donors (Lipinski definition) is 0. The van der Waals surface area contributed by atoms with Crippen LogP contribution in [0.5, 0.6) is 0 Å². The summed E-state index contributed by atoms with van der Waals surface area (Å²) in [6, 6.07) is 0. The summed E-state index contributed by atoms with van der Waals surface area (Å²) in [6.45, 7) is 5.01. The smallest absolute Gasteiger partial charge is 0.151 e. The third-order valence-electron chi connectivity index (χ3n) is 2.35. The number of carbonyl (C=O) groups is 1. The highest BCUT2D eigenvalue weighted by molar-refractivity contribution is 5.62. The van der Waals surface area contributed by atoms with Gasteiger partial charge in [0, 0.05) is 6.61 Å². The number of carbonyl (C=O) groups excluding carboxylic acids is 1. The topological polar surface area (TPSA) is 26.3 Å². The second kappa shape index (κ2) is 4.04. The molecule has 0 aromatic heterocycles. The van der Waals surface area contributed by atoms with Crippen LogP contribution >= 0.6 is 0 Å². The Morgan fingerprint density at radius 2 is 2.25 bits per heavy atom. The van der Waals surface area contributed by atoms with E-state index in [1.165, 1.54) is 0 Å². The normalized spacial score (nSPS) is 30.6. The van der Waals surface area contributed by atoms with Gasteiger partial charge in [-0.05, 0) is 31.6 Å². The molecule has 0 N–H and O–H groups in total. The van der Waals surface area contributed by atoms with Crippen molar-refractivity contribution in [1.29, 1.82) is 0 Å². The fourth-order valence-electron chi connectivity index (χ4n) is 1.87. The molecule has 0 saturated carbocycles. The van der Waals surface area contributed by atoms with Crippen LogP contribution in [0, 0.1) is 5.92 Å². The fourth-order valence-corrected chi connectivity index (χ4v) is 1.87. The maximum Gasteiger partial charge on any atom is 0.151 e. The van der Waals surface area contributed by atoms with Gasteiger partial charge >= 0.3 is 0 Å². The maximum atomic E-state index is 10.9. The van der Waals surface area contributed by atoms with Crippen molar-refractivity contribution in [2.45, 2.75) is 45.1 Å². The molecule has 1 fully saturated rings. The van der Waals surface area contributed by atoms with Crippen molar-refractivity contribution in [3.8, 4) is 0 Å². The molecule has 2 heteroatoms. The van der Waals surface area contributed by atoms with E-state index in [0.29, 0.717) is 5.92 Å². The molecular formula is C10H18O2. The van der Waals surface area contributed by atoms with Crippen LogP contribution in [0.4, 0.5) is 0 Å². The predicted molar refractivity (Wildman–Crippen MR) is 48.1 cm³/mol. The summed E-state index contributed by atoms with van der Waals surface area (Å²) in [4.78, 5) is 10.9. The first-order valence-corrected chi connectivity index (χ1v) is 4.79. The molecule has 12 heavy (non-hydrogen) atoms. The van der Waals surface area contributed by atoms with Gasteiger partial charge in [-0.25, -0.2) is 0 Å². The molecule has 1 rings (SSSR count). The maximum absolute atomic E-state index is 10.9. The Kier molecular flexibility index (Phi) is 3.27. The van der Waals surface area contributed by atoms with Crippen LogP contribution < -0.4 is 0 Å². The van der Waals surface area contributed by atoms with E-state index in [1.54, 1.807) is 0 Å². The highest BCUT2D eigenvalue weighted by atomic mass is 16.5. The van der Waals surface area contributed by atoms with Crippen molar-refractivity contribution in [1.82, 2.24) is 0 Å². The minimum absolute atomic E-state index is 0.438. The third-order valence-corrected chi connectivity index (χ3v) is 2.35. The van der Waals surface area contributed by atoms with Gasteiger partial charge in [0.25, 0.3) is 0 Å². The second-order valence-corrected chi connectivity index (χ2v) is 4.09. The van der Waals surface area contributed by atoms with E-state index >= 15 is 0 Å². The number of hydrogen-bond acceptors (Lipinski definition) is 2. The lowest BCUT2D eigenvalue weighted by Crippen LogP contribution is -2.39. The Morgan fingerprint density at radius 1 is 1.50 bits per heavy atom. The lowest BCUT2D eigenvalue weighted by atomic mass is 9.87. The molecular weight excluding hydrogens is 152 g/mol. The summed E-state index contributed by atoms with van der Waals surface area (Å²) in [5.41, 5.74) is -0.438. The Labute approximate surface area is 74.3 Å². The zero-order chi connectivity index (χ0) is 9.03. The summed E-state index contributed by atoms with van der Waals surface area (Å²) in [5.74, 6) is 0.535. The van der Waals surface area contributed by atoms with Crippen molar-refractivity contribution in [2.75, 3.05) is 6.61 Å². The Bertz CT molecular complexity index is 146. The van der Waals surface area contributed by atoms with E-state index in [0.717, 1.165) is 38.6 Å². The number of rotatable bonds is 3. The van der Waals surface area contributed by atoms with Crippen LogP contribution in [0.3, 0.4) is 0 Å². The number of ether oxygens (including phenoxy) is 1. The zero-order valence-electron chi connectivity index (χ0n) is 8.01. The molecule has 0 aliphatic carbocycles. The van der Waals surface area contributed by atoms with Crippen LogP contribution in [-0.2, 0) is 9.53 Å². The van der Waals surface area contributed by atoms with Crippen LogP contribution in [0.15, 0.2) is 0 Å². The molecule has 1 aliphatic rings. The molecule has 1 atom stereocenters. The minimum atomic E-state index is -0.438. The predicted octanol–water partition coefficient (Wildman–Crippen LogP) is 2.17. The van der Waals surface area contributed by atoms with Crippen molar-refractivity contribution in [3.05, 3.63) is 0 Å². The van der Waals surface area contributed by atoms with E-state index in [2.05, 4.69) is 13.8 Å². The van der Waals surface area contributed by atoms with E-state index in [4.69, 9.17) is 4.74 Å². The highest BCUT2D eigenvalue weighted by Crippen LogP contribution is 2.29. The molecule has 1 unspecified atom stereocenters. The Morgan fingerprint density at radius 3 is 2.67 bits per heavy atom. The monoisotopic (exact) mass is 170 g/mol. The molecule has 0 aromatic rings. The Balaban J connectivity index is 2.53. The largest absolute Gasteiger partial charge is 0.368 e. The highest BCUT2D eigenvalue weighted by Gasteiger charge is 2.33. The first-order valence-electron chi connectivity index (χ1n) is 4.79. The van der Waals surface area contributed by atoms with Gasteiger partial charge in [0.05, 0.1) is 0 Å². The van der Waals surface area contributed by atoms with Crippen molar-refractivity contribution in [3.63, 3.8) is 0 Å². The minimum Gasteiger partial charge on any atom is -0.368 e. The fraction of sp³-hybridized carbons (Fsp3) is 0.900. The van der Waals surface area contributed by atoms with Gasteiger partial charge in [-0.2, -0.15) is 0 Å². The molecule has 70 valence electrons. The van der Waals surface area contributed by atoms with Gasteiger partial charge in [-0.1, -0.05) is 13.8 Å². The first kappa shape index (κ1) is 9.72. The van der Waals surface area contributed by atoms with E-state index < -0.39 is 5.60 Å². The standard InChI is InChI=1S/C10H18O2/c1-9(2)7-10(8-11)5-3-4-6-12-10/h8-9H,3-7H2,1-2H3. The van der Waals surface area contributed by atoms with Gasteiger partial charge in [-0.3, -0.25) is 0 Å². The first-order chi connectivity index (χ1) is 5.68. The summed E-state index contributed by atoms with van der Waals surface area (Å²) in [7, 11) is 0. The van der Waals surface area contributed by atoms with Crippen molar-refractivity contribution in [2.24, 2.45) is 5.92 Å². The van der Waals surface area contributed by atoms with E-state index in [-0.39, 0.29) is 0 Å². The molecule has 1 saturated heterocycles. The van der Waals surface area contributed by atoms with Gasteiger partial charge in [0.2, 0.25) is 0 Å². The lowest BCUT2D eigenvalue weighted by Gasteiger charge is -2.33. The van der Waals surface area contributed by atoms with Crippen molar-refractivity contribution >= 4 is 6.29 Å². The number of aldehydes is 1. The van der Waals surface area contributed by atoms with E-state index in [1.807, 2.05) is 0 Å². The molecule has 1 heterocycles. The zero-order valence-corrected chi connectivity index (χ0v) is 8.01. The van der Waals surface area contributed by atoms with Gasteiger partial charge in [0.1, 0.15) is 5.60 Å². The van der Waals surface area contributed by atoms with Crippen LogP contribution in [0.1, 0.15) is 39.5 Å². The average molecular weight is 170 g/mol. The quantitative estimate of drug-likeness (QED) is 0.607. The summed E-state index contributed by atoms with van der Waals surface area (Å²) in [5, 5.41) is 0. The molecule has 0 aromatic carbocycles.